The predicted octanol–water partition coefficient (Wildman–Crippen LogP) is -0.0563. The van der Waals surface area contributed by atoms with Gasteiger partial charge in [0, 0.05) is 51.7 Å². The highest BCUT2D eigenvalue weighted by Gasteiger charge is 2.34. The van der Waals surface area contributed by atoms with Gasteiger partial charge in [-0.05, 0) is 11.1 Å². The van der Waals surface area contributed by atoms with Crippen molar-refractivity contribution in [3.63, 3.8) is 0 Å². The van der Waals surface area contributed by atoms with Crippen LogP contribution < -0.4 is 10.6 Å². The fourth-order valence-electron chi connectivity index (χ4n) is 4.07. The molecule has 4 aliphatic rings. The molecule has 3 aliphatic heterocycles. The number of aliphatic hydroxyl groups excluding tert-OH is 1. The van der Waals surface area contributed by atoms with Crippen molar-refractivity contribution in [2.45, 2.75) is 24.6 Å². The van der Waals surface area contributed by atoms with Crippen LogP contribution in [-0.2, 0) is 6.42 Å². The van der Waals surface area contributed by atoms with Gasteiger partial charge in [-0.1, -0.05) is 24.3 Å². The Kier molecular flexibility index (Phi) is 3.97. The number of piperazine rings is 3. The molecule has 3 N–H and O–H groups in total. The number of amides is 2. The summed E-state index contributed by atoms with van der Waals surface area (Å²) in [6, 6.07) is 7.82. The molecule has 1 aromatic carbocycles. The fourth-order valence-corrected chi connectivity index (χ4v) is 4.07. The number of nitrogens with zero attached hydrogens (tertiary/aromatic N) is 2. The fraction of sp³-hybridized carbons (Fsp3) is 0.588. The summed E-state index contributed by atoms with van der Waals surface area (Å²) < 4.78 is 0. The number of fused-ring (bicyclic) bond motifs is 4. The minimum Gasteiger partial charge on any atom is -0.390 e. The summed E-state index contributed by atoms with van der Waals surface area (Å²) in [6.07, 6.45) is 0.0608. The lowest BCUT2D eigenvalue weighted by atomic mass is 10.1. The van der Waals surface area contributed by atoms with E-state index in [9.17, 15) is 9.90 Å². The van der Waals surface area contributed by atoms with Crippen molar-refractivity contribution in [3.8, 4) is 0 Å². The summed E-state index contributed by atoms with van der Waals surface area (Å²) in [5.41, 5.74) is 2.15. The molecule has 5 rings (SSSR count). The number of benzene rings is 1. The molecule has 3 heterocycles. The molecule has 2 amide bonds. The highest BCUT2D eigenvalue weighted by Crippen LogP contribution is 2.31. The SMILES string of the molecule is O=C(NCC1CN2CCN1CC2)NC1c2ccccc2CC1O. The Labute approximate surface area is 136 Å². The van der Waals surface area contributed by atoms with Gasteiger partial charge in [0.15, 0.2) is 0 Å². The van der Waals surface area contributed by atoms with E-state index in [0.717, 1.165) is 43.9 Å². The van der Waals surface area contributed by atoms with Gasteiger partial charge in [0.2, 0.25) is 0 Å². The molecule has 124 valence electrons. The zero-order chi connectivity index (χ0) is 15.8. The molecule has 6 nitrogen and oxygen atoms in total. The van der Waals surface area contributed by atoms with Gasteiger partial charge in [-0.2, -0.15) is 0 Å². The van der Waals surface area contributed by atoms with Crippen LogP contribution in [0.25, 0.3) is 0 Å². The summed E-state index contributed by atoms with van der Waals surface area (Å²) in [7, 11) is 0. The predicted molar refractivity (Wildman–Crippen MR) is 87.2 cm³/mol. The molecular formula is C17H24N4O2. The average molecular weight is 316 g/mol. The molecule has 3 saturated heterocycles. The maximum Gasteiger partial charge on any atom is 0.315 e. The van der Waals surface area contributed by atoms with Crippen molar-refractivity contribution >= 4 is 6.03 Å². The van der Waals surface area contributed by atoms with Gasteiger partial charge in [0.05, 0.1) is 12.1 Å². The summed E-state index contributed by atoms with van der Waals surface area (Å²) in [4.78, 5) is 17.2. The molecule has 2 bridgehead atoms. The number of hydrogen-bond acceptors (Lipinski definition) is 4. The largest absolute Gasteiger partial charge is 0.390 e. The molecule has 3 unspecified atom stereocenters. The lowest BCUT2D eigenvalue weighted by Gasteiger charge is -2.47. The van der Waals surface area contributed by atoms with E-state index >= 15 is 0 Å². The highest BCUT2D eigenvalue weighted by molar-refractivity contribution is 5.74. The van der Waals surface area contributed by atoms with E-state index in [1.807, 2.05) is 24.3 Å². The number of rotatable bonds is 3. The van der Waals surface area contributed by atoms with Crippen molar-refractivity contribution in [1.29, 1.82) is 0 Å². The van der Waals surface area contributed by atoms with Gasteiger partial charge in [-0.25, -0.2) is 4.79 Å². The van der Waals surface area contributed by atoms with Crippen molar-refractivity contribution in [3.05, 3.63) is 35.4 Å². The third-order valence-corrected chi connectivity index (χ3v) is 5.38. The van der Waals surface area contributed by atoms with Crippen LogP contribution in [0.4, 0.5) is 4.79 Å². The van der Waals surface area contributed by atoms with Crippen molar-refractivity contribution < 1.29 is 9.90 Å². The van der Waals surface area contributed by atoms with E-state index in [0.29, 0.717) is 19.0 Å². The van der Waals surface area contributed by atoms with Crippen LogP contribution in [0.1, 0.15) is 17.2 Å². The summed E-state index contributed by atoms with van der Waals surface area (Å²) in [5, 5.41) is 16.1. The van der Waals surface area contributed by atoms with Crippen LogP contribution in [0.5, 0.6) is 0 Å². The molecule has 1 aliphatic carbocycles. The maximum absolute atomic E-state index is 12.2. The van der Waals surface area contributed by atoms with Gasteiger partial charge >= 0.3 is 6.03 Å². The van der Waals surface area contributed by atoms with Gasteiger partial charge in [-0.3, -0.25) is 9.80 Å². The van der Waals surface area contributed by atoms with E-state index in [-0.39, 0.29) is 12.1 Å². The minimum atomic E-state index is -0.543. The first-order valence-corrected chi connectivity index (χ1v) is 8.47. The Hall–Kier alpha value is -1.63. The van der Waals surface area contributed by atoms with E-state index < -0.39 is 6.10 Å². The first kappa shape index (κ1) is 14.9. The molecular weight excluding hydrogens is 292 g/mol. The zero-order valence-corrected chi connectivity index (χ0v) is 13.2. The third kappa shape index (κ3) is 2.94. The average Bonchev–Trinajstić information content (AvgIpc) is 2.90. The standard InChI is InChI=1S/C17H24N4O2/c22-15-9-12-3-1-2-4-14(12)16(15)19-17(23)18-10-13-11-20-5-7-21(13)8-6-20/h1-4,13,15-16,22H,5-11H2,(H2,18,19,23). The van der Waals surface area contributed by atoms with Crippen LogP contribution in [0.2, 0.25) is 0 Å². The summed E-state index contributed by atoms with van der Waals surface area (Å²) in [5.74, 6) is 0. The van der Waals surface area contributed by atoms with Crippen molar-refractivity contribution in [2.75, 3.05) is 39.3 Å². The smallest absolute Gasteiger partial charge is 0.315 e. The van der Waals surface area contributed by atoms with E-state index in [4.69, 9.17) is 0 Å². The second kappa shape index (κ2) is 6.11. The number of nitrogens with one attached hydrogen (secondary N) is 2. The molecule has 1 aromatic rings. The number of carbonyl (C=O) groups excluding carboxylic acids is 1. The molecule has 0 saturated carbocycles. The lowest BCUT2D eigenvalue weighted by Crippen LogP contribution is -2.63. The molecule has 6 heteroatoms. The van der Waals surface area contributed by atoms with Crippen LogP contribution in [0.15, 0.2) is 24.3 Å². The number of aliphatic hydroxyl groups is 1. The quantitative estimate of drug-likeness (QED) is 0.731. The van der Waals surface area contributed by atoms with Crippen LogP contribution >= 0.6 is 0 Å². The molecule has 0 aromatic heterocycles. The van der Waals surface area contributed by atoms with Crippen LogP contribution in [0.3, 0.4) is 0 Å². The summed E-state index contributed by atoms with van der Waals surface area (Å²) >= 11 is 0. The van der Waals surface area contributed by atoms with Gasteiger partial charge < -0.3 is 15.7 Å². The third-order valence-electron chi connectivity index (χ3n) is 5.38. The monoisotopic (exact) mass is 316 g/mol. The first-order chi connectivity index (χ1) is 11.2. The Morgan fingerprint density at radius 2 is 2.00 bits per heavy atom. The number of urea groups is 1. The van der Waals surface area contributed by atoms with Crippen molar-refractivity contribution in [2.24, 2.45) is 0 Å². The Morgan fingerprint density at radius 3 is 2.74 bits per heavy atom. The Balaban J connectivity index is 1.32. The van der Waals surface area contributed by atoms with Gasteiger partial charge in [0.25, 0.3) is 0 Å². The molecule has 3 fully saturated rings. The second-order valence-electron chi connectivity index (χ2n) is 6.79. The maximum atomic E-state index is 12.2. The topological polar surface area (TPSA) is 67.8 Å². The highest BCUT2D eigenvalue weighted by atomic mass is 16.3. The number of carbonyl (C=O) groups is 1. The van der Waals surface area contributed by atoms with Crippen LogP contribution in [-0.4, -0.2) is 72.4 Å². The van der Waals surface area contributed by atoms with Gasteiger partial charge in [-0.15, -0.1) is 0 Å². The minimum absolute atomic E-state index is 0.191. The molecule has 3 atom stereocenters. The molecule has 0 spiro atoms. The van der Waals surface area contributed by atoms with Gasteiger partial charge in [0.1, 0.15) is 0 Å². The normalized spacial score (nSPS) is 34.9. The first-order valence-electron chi connectivity index (χ1n) is 8.47. The summed E-state index contributed by atoms with van der Waals surface area (Å²) in [6.45, 7) is 6.19. The molecule has 23 heavy (non-hydrogen) atoms. The van der Waals surface area contributed by atoms with Crippen molar-refractivity contribution in [1.82, 2.24) is 20.4 Å². The Morgan fingerprint density at radius 1 is 1.22 bits per heavy atom. The Bertz CT molecular complexity index is 586. The lowest BCUT2D eigenvalue weighted by molar-refractivity contribution is 0.0147. The zero-order valence-electron chi connectivity index (χ0n) is 13.2. The van der Waals surface area contributed by atoms with E-state index in [1.165, 1.54) is 0 Å². The number of hydrogen-bond donors (Lipinski definition) is 3. The molecule has 0 radical (unpaired) electrons. The second-order valence-corrected chi connectivity index (χ2v) is 6.79. The van der Waals surface area contributed by atoms with E-state index in [2.05, 4.69) is 20.4 Å². The van der Waals surface area contributed by atoms with E-state index in [1.54, 1.807) is 0 Å². The van der Waals surface area contributed by atoms with Crippen LogP contribution in [0, 0.1) is 0 Å².